The first-order valence-electron chi connectivity index (χ1n) is 3.71. The highest BCUT2D eigenvalue weighted by molar-refractivity contribution is 5.79. The quantitative estimate of drug-likeness (QED) is 0.485. The van der Waals surface area contributed by atoms with Crippen molar-refractivity contribution in [3.63, 3.8) is 0 Å². The molecule has 0 spiro atoms. The number of nitriles is 2. The zero-order valence-corrected chi connectivity index (χ0v) is 7.23. The van der Waals surface area contributed by atoms with E-state index in [9.17, 15) is 0 Å². The highest BCUT2D eigenvalue weighted by Crippen LogP contribution is 2.16. The van der Waals surface area contributed by atoms with E-state index in [0.29, 0.717) is 11.3 Å². The molecule has 4 N–H and O–H groups in total. The summed E-state index contributed by atoms with van der Waals surface area (Å²) in [4.78, 5) is 3.76. The van der Waals surface area contributed by atoms with E-state index in [1.807, 2.05) is 12.1 Å². The van der Waals surface area contributed by atoms with Gasteiger partial charge in [-0.1, -0.05) is 0 Å². The second-order valence-electron chi connectivity index (χ2n) is 2.49. The van der Waals surface area contributed by atoms with Gasteiger partial charge >= 0.3 is 0 Å². The number of nitrogens with zero attached hydrogens (tertiary/aromatic N) is 3. The van der Waals surface area contributed by atoms with Crippen LogP contribution < -0.4 is 11.5 Å². The molecule has 0 aliphatic heterocycles. The average Bonchev–Trinajstić information content (AvgIpc) is 2.16. The summed E-state index contributed by atoms with van der Waals surface area (Å²) in [6.07, 6.45) is 0. The molecule has 0 aliphatic carbocycles. The zero-order valence-electron chi connectivity index (χ0n) is 7.23. The molecule has 5 nitrogen and oxygen atoms in total. The van der Waals surface area contributed by atoms with E-state index in [0.717, 1.165) is 0 Å². The molecule has 0 heterocycles. The van der Waals surface area contributed by atoms with Crippen molar-refractivity contribution in [3.05, 3.63) is 29.3 Å². The van der Waals surface area contributed by atoms with Crippen LogP contribution in [0.2, 0.25) is 0 Å². The van der Waals surface area contributed by atoms with Crippen molar-refractivity contribution < 1.29 is 0 Å². The summed E-state index contributed by atoms with van der Waals surface area (Å²) >= 11 is 0. The minimum absolute atomic E-state index is 0.0846. The van der Waals surface area contributed by atoms with Crippen molar-refractivity contribution in [2.24, 2.45) is 16.5 Å². The molecule has 14 heavy (non-hydrogen) atoms. The highest BCUT2D eigenvalue weighted by Gasteiger charge is 2.01. The minimum Gasteiger partial charge on any atom is -0.370 e. The van der Waals surface area contributed by atoms with Crippen molar-refractivity contribution >= 4 is 11.6 Å². The third-order valence-electron chi connectivity index (χ3n) is 1.50. The molecule has 0 unspecified atom stereocenters. The smallest absolute Gasteiger partial charge is 0.191 e. The van der Waals surface area contributed by atoms with Crippen molar-refractivity contribution in [1.82, 2.24) is 0 Å². The highest BCUT2D eigenvalue weighted by atomic mass is 15.0. The number of aliphatic imine (C=N–C) groups is 1. The molecule has 0 fully saturated rings. The Morgan fingerprint density at radius 3 is 2.29 bits per heavy atom. The molecule has 0 saturated heterocycles. The van der Waals surface area contributed by atoms with E-state index in [1.54, 1.807) is 6.07 Å². The summed E-state index contributed by atoms with van der Waals surface area (Å²) in [7, 11) is 0. The lowest BCUT2D eigenvalue weighted by atomic mass is 10.1. The molecule has 0 atom stereocenters. The van der Waals surface area contributed by atoms with Gasteiger partial charge in [-0.3, -0.25) is 0 Å². The van der Waals surface area contributed by atoms with Gasteiger partial charge in [0.05, 0.1) is 16.8 Å². The zero-order chi connectivity index (χ0) is 10.6. The van der Waals surface area contributed by atoms with Gasteiger partial charge in [-0.2, -0.15) is 10.5 Å². The Balaban J connectivity index is 3.25. The topological polar surface area (TPSA) is 112 Å². The van der Waals surface area contributed by atoms with Gasteiger partial charge in [0.2, 0.25) is 0 Å². The van der Waals surface area contributed by atoms with Crippen LogP contribution in [0.5, 0.6) is 0 Å². The summed E-state index contributed by atoms with van der Waals surface area (Å²) < 4.78 is 0. The number of nitrogens with two attached hydrogens (primary N) is 2. The third-order valence-corrected chi connectivity index (χ3v) is 1.50. The van der Waals surface area contributed by atoms with Crippen LogP contribution in [0.15, 0.2) is 23.2 Å². The molecule has 0 aromatic heterocycles. The molecule has 0 radical (unpaired) electrons. The Hall–Kier alpha value is -2.53. The van der Waals surface area contributed by atoms with Crippen molar-refractivity contribution in [2.75, 3.05) is 0 Å². The number of rotatable bonds is 1. The normalized spacial score (nSPS) is 8.43. The first-order valence-corrected chi connectivity index (χ1v) is 3.71. The van der Waals surface area contributed by atoms with Gasteiger partial charge in [0, 0.05) is 0 Å². The molecule has 5 heteroatoms. The number of guanidine groups is 1. The van der Waals surface area contributed by atoms with Gasteiger partial charge in [-0.25, -0.2) is 4.99 Å². The largest absolute Gasteiger partial charge is 0.370 e. The molecule has 68 valence electrons. The standard InChI is InChI=1S/C9H7N5/c10-4-6-1-2-8(14-9(12)13)3-7(6)5-11/h1-3H,(H4,12,13,14). The van der Waals surface area contributed by atoms with Gasteiger partial charge in [0.25, 0.3) is 0 Å². The van der Waals surface area contributed by atoms with Crippen LogP contribution in [0.4, 0.5) is 5.69 Å². The summed E-state index contributed by atoms with van der Waals surface area (Å²) in [6.45, 7) is 0. The Morgan fingerprint density at radius 2 is 1.79 bits per heavy atom. The van der Waals surface area contributed by atoms with Gasteiger partial charge < -0.3 is 11.5 Å². The lowest BCUT2D eigenvalue weighted by Gasteiger charge is -1.97. The Morgan fingerprint density at radius 1 is 1.14 bits per heavy atom. The van der Waals surface area contributed by atoms with Gasteiger partial charge in [0.1, 0.15) is 12.1 Å². The Kier molecular flexibility index (Phi) is 2.68. The molecule has 0 aliphatic rings. The van der Waals surface area contributed by atoms with Crippen molar-refractivity contribution in [1.29, 1.82) is 10.5 Å². The molecule has 0 bridgehead atoms. The van der Waals surface area contributed by atoms with E-state index in [2.05, 4.69) is 4.99 Å². The second kappa shape index (κ2) is 3.92. The van der Waals surface area contributed by atoms with E-state index in [1.165, 1.54) is 12.1 Å². The fraction of sp³-hybridized carbons (Fsp3) is 0. The molecular weight excluding hydrogens is 178 g/mol. The summed E-state index contributed by atoms with van der Waals surface area (Å²) in [5.74, 6) is -0.0846. The molecule has 1 aromatic rings. The Labute approximate surface area is 80.9 Å². The lowest BCUT2D eigenvalue weighted by molar-refractivity contribution is 1.38. The lowest BCUT2D eigenvalue weighted by Crippen LogP contribution is -2.21. The first kappa shape index (κ1) is 9.56. The van der Waals surface area contributed by atoms with Crippen LogP contribution in [-0.4, -0.2) is 5.96 Å². The maximum Gasteiger partial charge on any atom is 0.191 e. The Bertz CT molecular complexity index is 457. The number of benzene rings is 1. The van der Waals surface area contributed by atoms with Crippen LogP contribution in [-0.2, 0) is 0 Å². The minimum atomic E-state index is -0.0846. The van der Waals surface area contributed by atoms with E-state index < -0.39 is 0 Å². The summed E-state index contributed by atoms with van der Waals surface area (Å²) in [6, 6.07) is 8.31. The van der Waals surface area contributed by atoms with Crippen LogP contribution in [0, 0.1) is 22.7 Å². The monoisotopic (exact) mass is 185 g/mol. The van der Waals surface area contributed by atoms with E-state index >= 15 is 0 Å². The van der Waals surface area contributed by atoms with Crippen molar-refractivity contribution in [2.45, 2.75) is 0 Å². The molecular formula is C9H7N5. The molecule has 1 aromatic carbocycles. The third kappa shape index (κ3) is 1.99. The van der Waals surface area contributed by atoms with Gasteiger partial charge in [-0.15, -0.1) is 0 Å². The van der Waals surface area contributed by atoms with E-state index in [4.69, 9.17) is 22.0 Å². The van der Waals surface area contributed by atoms with Gasteiger partial charge in [-0.05, 0) is 18.2 Å². The summed E-state index contributed by atoms with van der Waals surface area (Å²) in [5.41, 5.74) is 11.4. The average molecular weight is 185 g/mol. The van der Waals surface area contributed by atoms with Gasteiger partial charge in [0.15, 0.2) is 5.96 Å². The second-order valence-corrected chi connectivity index (χ2v) is 2.49. The molecule has 0 saturated carbocycles. The predicted molar refractivity (Wildman–Crippen MR) is 51.3 cm³/mol. The van der Waals surface area contributed by atoms with Crippen LogP contribution in [0.3, 0.4) is 0 Å². The number of hydrogen-bond donors (Lipinski definition) is 2. The van der Waals surface area contributed by atoms with E-state index in [-0.39, 0.29) is 11.5 Å². The first-order chi connectivity index (χ1) is 6.67. The molecule has 1 rings (SSSR count). The van der Waals surface area contributed by atoms with Crippen molar-refractivity contribution in [3.8, 4) is 12.1 Å². The summed E-state index contributed by atoms with van der Waals surface area (Å²) in [5, 5.41) is 17.3. The predicted octanol–water partition coefficient (Wildman–Crippen LogP) is 0.335. The maximum atomic E-state index is 8.70. The number of hydrogen-bond acceptors (Lipinski definition) is 3. The van der Waals surface area contributed by atoms with Crippen LogP contribution >= 0.6 is 0 Å². The molecule has 0 amide bonds. The maximum absolute atomic E-state index is 8.70. The van der Waals surface area contributed by atoms with Crippen LogP contribution in [0.1, 0.15) is 11.1 Å². The SMILES string of the molecule is N#Cc1ccc(N=C(N)N)cc1C#N. The van der Waals surface area contributed by atoms with Crippen LogP contribution in [0.25, 0.3) is 0 Å². The fourth-order valence-corrected chi connectivity index (χ4v) is 0.941. The fourth-order valence-electron chi connectivity index (χ4n) is 0.941.